The lowest BCUT2D eigenvalue weighted by Crippen LogP contribution is -2.13. The Bertz CT molecular complexity index is 1030. The van der Waals surface area contributed by atoms with Crippen LogP contribution in [0.3, 0.4) is 0 Å². The van der Waals surface area contributed by atoms with Gasteiger partial charge in [0.15, 0.2) is 11.6 Å². The van der Waals surface area contributed by atoms with Gasteiger partial charge in [0.05, 0.1) is 29.7 Å². The normalized spacial score (nSPS) is 10.8. The number of amides is 1. The first-order valence-corrected chi connectivity index (χ1v) is 9.25. The number of ether oxygens (including phenoxy) is 2. The fourth-order valence-electron chi connectivity index (χ4n) is 2.95. The van der Waals surface area contributed by atoms with Gasteiger partial charge in [-0.25, -0.2) is 9.07 Å². The molecule has 0 aliphatic heterocycles. The monoisotopic (exact) mass is 397 g/mol. The zero-order chi connectivity index (χ0) is 21.0. The van der Waals surface area contributed by atoms with E-state index in [1.807, 2.05) is 39.0 Å². The first kappa shape index (κ1) is 20.5. The number of methoxy groups -OCH3 is 1. The van der Waals surface area contributed by atoms with Crippen LogP contribution in [0.15, 0.2) is 42.6 Å². The Morgan fingerprint density at radius 3 is 2.66 bits per heavy atom. The molecule has 0 radical (unpaired) electrons. The number of hydrogen-bond donors (Lipinski definition) is 1. The third kappa shape index (κ3) is 4.63. The van der Waals surface area contributed by atoms with Crippen molar-refractivity contribution in [2.24, 2.45) is 0 Å². The third-order valence-corrected chi connectivity index (χ3v) is 4.58. The number of carbonyl (C=O) groups is 1. The van der Waals surface area contributed by atoms with Crippen molar-refractivity contribution in [2.45, 2.75) is 20.8 Å². The molecule has 6 nitrogen and oxygen atoms in total. The van der Waals surface area contributed by atoms with Crippen molar-refractivity contribution in [2.75, 3.05) is 25.6 Å². The van der Waals surface area contributed by atoms with E-state index in [9.17, 15) is 9.18 Å². The van der Waals surface area contributed by atoms with Gasteiger partial charge in [0.1, 0.15) is 6.61 Å². The van der Waals surface area contributed by atoms with Gasteiger partial charge in [0.2, 0.25) is 0 Å². The molecule has 0 fully saturated rings. The molecule has 7 heteroatoms. The summed E-state index contributed by atoms with van der Waals surface area (Å²) in [6.07, 6.45) is 1.52. The molecule has 1 N–H and O–H groups in total. The van der Waals surface area contributed by atoms with Gasteiger partial charge in [-0.05, 0) is 50.1 Å². The summed E-state index contributed by atoms with van der Waals surface area (Å²) in [6.45, 7) is 6.44. The van der Waals surface area contributed by atoms with Crippen LogP contribution in [0.5, 0.6) is 5.75 Å². The highest BCUT2D eigenvalue weighted by molar-refractivity contribution is 6.05. The number of nitrogens with zero attached hydrogens (tertiary/aromatic N) is 2. The van der Waals surface area contributed by atoms with Gasteiger partial charge in [0.25, 0.3) is 5.91 Å². The molecule has 0 saturated heterocycles. The Hall–Kier alpha value is -3.19. The highest BCUT2D eigenvalue weighted by atomic mass is 19.1. The number of hydrogen-bond acceptors (Lipinski definition) is 4. The number of benzene rings is 2. The predicted molar refractivity (Wildman–Crippen MR) is 109 cm³/mol. The van der Waals surface area contributed by atoms with Crippen LogP contribution in [0.1, 0.15) is 27.2 Å². The number of aromatic nitrogens is 2. The van der Waals surface area contributed by atoms with Crippen molar-refractivity contribution in [3.63, 3.8) is 0 Å². The molecule has 0 bridgehead atoms. The van der Waals surface area contributed by atoms with Gasteiger partial charge in [-0.2, -0.15) is 5.10 Å². The predicted octanol–water partition coefficient (Wildman–Crippen LogP) is 4.21. The number of nitrogens with one attached hydrogen (secondary N) is 1. The Morgan fingerprint density at radius 1 is 1.14 bits per heavy atom. The van der Waals surface area contributed by atoms with Crippen molar-refractivity contribution in [1.29, 1.82) is 0 Å². The van der Waals surface area contributed by atoms with Gasteiger partial charge in [0, 0.05) is 18.9 Å². The van der Waals surface area contributed by atoms with E-state index in [4.69, 9.17) is 9.47 Å². The standard InChI is InChI=1S/C22H24FN3O3/c1-14-5-6-15(2)20(11-14)26-16(3)18(13-24-26)22(27)25-17-7-8-21(19(23)12-17)29-10-9-28-4/h5-8,11-13H,9-10H2,1-4H3,(H,25,27). The lowest BCUT2D eigenvalue weighted by atomic mass is 10.1. The highest BCUT2D eigenvalue weighted by Gasteiger charge is 2.17. The summed E-state index contributed by atoms with van der Waals surface area (Å²) in [5.41, 5.74) is 4.55. The Kier molecular flexibility index (Phi) is 6.29. The van der Waals surface area contributed by atoms with Gasteiger partial charge < -0.3 is 14.8 Å². The van der Waals surface area contributed by atoms with E-state index in [1.165, 1.54) is 18.3 Å². The van der Waals surface area contributed by atoms with Crippen LogP contribution < -0.4 is 10.1 Å². The maximum absolute atomic E-state index is 14.2. The summed E-state index contributed by atoms with van der Waals surface area (Å²) in [6, 6.07) is 10.4. The number of halogens is 1. The van der Waals surface area contributed by atoms with E-state index < -0.39 is 5.82 Å². The Morgan fingerprint density at radius 2 is 1.93 bits per heavy atom. The van der Waals surface area contributed by atoms with E-state index in [1.54, 1.807) is 17.9 Å². The molecule has 0 aliphatic carbocycles. The van der Waals surface area contributed by atoms with E-state index in [-0.39, 0.29) is 18.3 Å². The molecular formula is C22H24FN3O3. The minimum Gasteiger partial charge on any atom is -0.488 e. The molecule has 1 heterocycles. The lowest BCUT2D eigenvalue weighted by molar-refractivity contribution is 0.102. The topological polar surface area (TPSA) is 65.4 Å². The second kappa shape index (κ2) is 8.87. The molecule has 2 aromatic carbocycles. The van der Waals surface area contributed by atoms with Crippen molar-refractivity contribution in [3.05, 3.63) is 70.8 Å². The van der Waals surface area contributed by atoms with Gasteiger partial charge in [-0.15, -0.1) is 0 Å². The fourth-order valence-corrected chi connectivity index (χ4v) is 2.95. The maximum atomic E-state index is 14.2. The highest BCUT2D eigenvalue weighted by Crippen LogP contribution is 2.23. The van der Waals surface area contributed by atoms with Gasteiger partial charge >= 0.3 is 0 Å². The summed E-state index contributed by atoms with van der Waals surface area (Å²) in [5.74, 6) is -0.799. The van der Waals surface area contributed by atoms with Crippen LogP contribution in [-0.2, 0) is 4.74 Å². The summed E-state index contributed by atoms with van der Waals surface area (Å²) in [7, 11) is 1.54. The summed E-state index contributed by atoms with van der Waals surface area (Å²) in [5, 5.41) is 7.09. The van der Waals surface area contributed by atoms with Crippen LogP contribution in [0.4, 0.5) is 10.1 Å². The second-order valence-electron chi connectivity index (χ2n) is 6.79. The number of aryl methyl sites for hydroxylation is 2. The molecule has 0 aliphatic rings. The second-order valence-corrected chi connectivity index (χ2v) is 6.79. The van der Waals surface area contributed by atoms with E-state index in [0.717, 1.165) is 16.8 Å². The SMILES string of the molecule is COCCOc1ccc(NC(=O)c2cnn(-c3cc(C)ccc3C)c2C)cc1F. The van der Waals surface area contributed by atoms with Crippen molar-refractivity contribution >= 4 is 11.6 Å². The first-order valence-electron chi connectivity index (χ1n) is 9.25. The summed E-state index contributed by atoms with van der Waals surface area (Å²) < 4.78 is 26.1. The van der Waals surface area contributed by atoms with E-state index in [0.29, 0.717) is 23.6 Å². The Balaban J connectivity index is 1.77. The fraction of sp³-hybridized carbons (Fsp3) is 0.273. The smallest absolute Gasteiger partial charge is 0.259 e. The average molecular weight is 397 g/mol. The van der Waals surface area contributed by atoms with Gasteiger partial charge in [-0.3, -0.25) is 4.79 Å². The summed E-state index contributed by atoms with van der Waals surface area (Å²) >= 11 is 0. The molecule has 0 atom stereocenters. The van der Waals surface area contributed by atoms with Crippen LogP contribution in [0, 0.1) is 26.6 Å². The van der Waals surface area contributed by atoms with E-state index in [2.05, 4.69) is 10.4 Å². The number of rotatable bonds is 7. The van der Waals surface area contributed by atoms with E-state index >= 15 is 0 Å². The maximum Gasteiger partial charge on any atom is 0.259 e. The minimum atomic E-state index is -0.554. The third-order valence-electron chi connectivity index (χ3n) is 4.58. The van der Waals surface area contributed by atoms with Crippen LogP contribution in [0.2, 0.25) is 0 Å². The molecule has 3 aromatic rings. The zero-order valence-electron chi connectivity index (χ0n) is 17.0. The number of anilines is 1. The van der Waals surface area contributed by atoms with Crippen LogP contribution in [0.25, 0.3) is 5.69 Å². The molecule has 0 unspecified atom stereocenters. The van der Waals surface area contributed by atoms with Crippen molar-refractivity contribution in [3.8, 4) is 11.4 Å². The lowest BCUT2D eigenvalue weighted by Gasteiger charge is -2.11. The molecule has 0 saturated carbocycles. The molecule has 152 valence electrons. The average Bonchev–Trinajstić information content (AvgIpc) is 3.07. The van der Waals surface area contributed by atoms with Crippen molar-refractivity contribution < 1.29 is 18.7 Å². The summed E-state index contributed by atoms with van der Waals surface area (Å²) in [4.78, 5) is 12.7. The first-order chi connectivity index (χ1) is 13.9. The quantitative estimate of drug-likeness (QED) is 0.607. The molecule has 29 heavy (non-hydrogen) atoms. The van der Waals surface area contributed by atoms with Crippen LogP contribution >= 0.6 is 0 Å². The van der Waals surface area contributed by atoms with Gasteiger partial charge in [-0.1, -0.05) is 12.1 Å². The molecular weight excluding hydrogens is 373 g/mol. The van der Waals surface area contributed by atoms with Crippen LogP contribution in [-0.4, -0.2) is 36.0 Å². The Labute approximate surface area is 169 Å². The molecule has 3 rings (SSSR count). The molecule has 1 aromatic heterocycles. The minimum absolute atomic E-state index is 0.110. The molecule has 1 amide bonds. The molecule has 0 spiro atoms. The zero-order valence-corrected chi connectivity index (χ0v) is 17.0. The van der Waals surface area contributed by atoms with Crippen molar-refractivity contribution in [1.82, 2.24) is 9.78 Å². The largest absolute Gasteiger partial charge is 0.488 e. The number of carbonyl (C=O) groups excluding carboxylic acids is 1.